The molecule has 124 valence electrons. The number of benzene rings is 1. The van der Waals surface area contributed by atoms with Gasteiger partial charge in [-0.2, -0.15) is 0 Å². The van der Waals surface area contributed by atoms with E-state index >= 15 is 0 Å². The maximum absolute atomic E-state index is 12.2. The lowest BCUT2D eigenvalue weighted by Gasteiger charge is -2.61. The number of amides is 1. The highest BCUT2D eigenvalue weighted by atomic mass is 16.6. The normalized spacial score (nSPS) is 24.6. The fourth-order valence-electron chi connectivity index (χ4n) is 3.81. The summed E-state index contributed by atoms with van der Waals surface area (Å²) in [6.45, 7) is 2.72. The second kappa shape index (κ2) is 6.28. The predicted octanol–water partition coefficient (Wildman–Crippen LogP) is 2.60. The zero-order valence-corrected chi connectivity index (χ0v) is 13.3. The number of non-ortho nitro benzene ring substituents is 1. The quantitative estimate of drug-likeness (QED) is 0.645. The lowest BCUT2D eigenvalue weighted by Crippen LogP contribution is -2.67. The van der Waals surface area contributed by atoms with Crippen LogP contribution in [0.5, 0.6) is 0 Å². The Morgan fingerprint density at radius 3 is 2.61 bits per heavy atom. The van der Waals surface area contributed by atoms with Gasteiger partial charge in [0.1, 0.15) is 0 Å². The molecule has 1 spiro atoms. The highest BCUT2D eigenvalue weighted by Crippen LogP contribution is 2.57. The molecule has 1 aromatic carbocycles. The zero-order chi connectivity index (χ0) is 16.4. The summed E-state index contributed by atoms with van der Waals surface area (Å²) in [7, 11) is 0. The number of nitrogens with one attached hydrogen (secondary N) is 1. The largest absolute Gasteiger partial charge is 0.378 e. The highest BCUT2D eigenvalue weighted by molar-refractivity contribution is 5.79. The molecular formula is C17H22N2O4. The first-order valence-electron chi connectivity index (χ1n) is 8.19. The molecule has 3 rings (SSSR count). The van der Waals surface area contributed by atoms with Gasteiger partial charge in [0.2, 0.25) is 5.91 Å². The minimum absolute atomic E-state index is 0.0231. The van der Waals surface area contributed by atoms with Crippen LogP contribution in [-0.2, 0) is 16.0 Å². The average Bonchev–Trinajstić information content (AvgIpc) is 2.44. The zero-order valence-electron chi connectivity index (χ0n) is 13.3. The number of nitrogens with zero attached hydrogens (tertiary/aromatic N) is 1. The van der Waals surface area contributed by atoms with E-state index in [1.165, 1.54) is 18.6 Å². The van der Waals surface area contributed by atoms with Crippen LogP contribution in [0, 0.1) is 15.5 Å². The van der Waals surface area contributed by atoms with E-state index in [9.17, 15) is 14.9 Å². The van der Waals surface area contributed by atoms with Crippen molar-refractivity contribution in [1.82, 2.24) is 5.32 Å². The summed E-state index contributed by atoms with van der Waals surface area (Å²) >= 11 is 0. The molecule has 0 heterocycles. The van der Waals surface area contributed by atoms with Crippen molar-refractivity contribution in [3.8, 4) is 0 Å². The molecule has 0 unspecified atom stereocenters. The standard InChI is InChI=1S/C17H22N2O4/c1-2-23-15-11-14(17(15)8-3-9-17)18-16(20)10-12-4-6-13(7-5-12)19(21)22/h4-7,14-15H,2-3,8-11H2,1H3,(H,18,20)/t14-,15-/m1/s1. The Bertz CT molecular complexity index is 595. The maximum atomic E-state index is 12.2. The van der Waals surface area contributed by atoms with E-state index in [4.69, 9.17) is 4.74 Å². The van der Waals surface area contributed by atoms with Gasteiger partial charge in [0, 0.05) is 30.2 Å². The van der Waals surface area contributed by atoms with Gasteiger partial charge in [-0.3, -0.25) is 14.9 Å². The highest BCUT2D eigenvalue weighted by Gasteiger charge is 2.59. The molecule has 0 radical (unpaired) electrons. The molecule has 1 amide bonds. The van der Waals surface area contributed by atoms with Crippen molar-refractivity contribution in [1.29, 1.82) is 0 Å². The van der Waals surface area contributed by atoms with Crippen LogP contribution in [0.4, 0.5) is 5.69 Å². The molecule has 2 saturated carbocycles. The van der Waals surface area contributed by atoms with Crippen molar-refractivity contribution >= 4 is 11.6 Å². The van der Waals surface area contributed by atoms with E-state index in [1.54, 1.807) is 12.1 Å². The SMILES string of the molecule is CCO[C@@H]1C[C@@H](NC(=O)Cc2ccc([N+](=O)[O-])cc2)C12CCC2. The van der Waals surface area contributed by atoms with Crippen molar-refractivity contribution in [3.05, 3.63) is 39.9 Å². The van der Waals surface area contributed by atoms with Crippen molar-refractivity contribution in [2.24, 2.45) is 5.41 Å². The third kappa shape index (κ3) is 2.95. The molecule has 23 heavy (non-hydrogen) atoms. The van der Waals surface area contributed by atoms with E-state index < -0.39 is 4.92 Å². The Kier molecular flexibility index (Phi) is 4.35. The van der Waals surface area contributed by atoms with E-state index in [2.05, 4.69) is 5.32 Å². The number of nitro groups is 1. The summed E-state index contributed by atoms with van der Waals surface area (Å²) in [5.41, 5.74) is 0.985. The Morgan fingerprint density at radius 2 is 2.09 bits per heavy atom. The Hall–Kier alpha value is -1.95. The smallest absolute Gasteiger partial charge is 0.269 e. The van der Waals surface area contributed by atoms with Crippen LogP contribution in [-0.4, -0.2) is 29.6 Å². The van der Waals surface area contributed by atoms with Crippen LogP contribution in [0.15, 0.2) is 24.3 Å². The molecule has 2 fully saturated rings. The summed E-state index contributed by atoms with van der Waals surface area (Å²) in [5.74, 6) is -0.0231. The van der Waals surface area contributed by atoms with Gasteiger partial charge >= 0.3 is 0 Å². The van der Waals surface area contributed by atoms with Crippen LogP contribution < -0.4 is 5.32 Å². The molecule has 2 aliphatic carbocycles. The van der Waals surface area contributed by atoms with Gasteiger partial charge in [-0.15, -0.1) is 0 Å². The number of hydrogen-bond acceptors (Lipinski definition) is 4. The van der Waals surface area contributed by atoms with Gasteiger partial charge < -0.3 is 10.1 Å². The Morgan fingerprint density at radius 1 is 1.39 bits per heavy atom. The molecular weight excluding hydrogens is 296 g/mol. The third-order valence-corrected chi connectivity index (χ3v) is 5.28. The number of rotatable bonds is 6. The van der Waals surface area contributed by atoms with Crippen molar-refractivity contribution in [2.75, 3.05) is 6.61 Å². The maximum Gasteiger partial charge on any atom is 0.269 e. The molecule has 6 nitrogen and oxygen atoms in total. The van der Waals surface area contributed by atoms with Crippen LogP contribution in [0.3, 0.4) is 0 Å². The van der Waals surface area contributed by atoms with Crippen LogP contribution in [0.25, 0.3) is 0 Å². The molecule has 2 aliphatic rings. The lowest BCUT2D eigenvalue weighted by molar-refractivity contribution is -0.384. The fraction of sp³-hybridized carbons (Fsp3) is 0.588. The summed E-state index contributed by atoms with van der Waals surface area (Å²) in [5, 5.41) is 13.8. The van der Waals surface area contributed by atoms with Crippen LogP contribution >= 0.6 is 0 Å². The Labute approximate surface area is 135 Å². The van der Waals surface area contributed by atoms with E-state index in [-0.39, 0.29) is 35.6 Å². The fourth-order valence-corrected chi connectivity index (χ4v) is 3.81. The first kappa shape index (κ1) is 15.9. The van der Waals surface area contributed by atoms with Crippen molar-refractivity contribution in [3.63, 3.8) is 0 Å². The first-order chi connectivity index (χ1) is 11.0. The van der Waals surface area contributed by atoms with Crippen molar-refractivity contribution in [2.45, 2.75) is 51.2 Å². The van der Waals surface area contributed by atoms with E-state index in [1.807, 2.05) is 6.92 Å². The minimum atomic E-state index is -0.438. The first-order valence-corrected chi connectivity index (χ1v) is 8.19. The molecule has 2 atom stereocenters. The third-order valence-electron chi connectivity index (χ3n) is 5.28. The molecule has 0 aromatic heterocycles. The van der Waals surface area contributed by atoms with Gasteiger partial charge in [-0.05, 0) is 31.7 Å². The number of ether oxygens (including phenoxy) is 1. The Balaban J connectivity index is 1.55. The average molecular weight is 318 g/mol. The van der Waals surface area contributed by atoms with Gasteiger partial charge in [-0.1, -0.05) is 18.6 Å². The monoisotopic (exact) mass is 318 g/mol. The van der Waals surface area contributed by atoms with Crippen LogP contribution in [0.2, 0.25) is 0 Å². The van der Waals surface area contributed by atoms with Gasteiger partial charge in [-0.25, -0.2) is 0 Å². The summed E-state index contributed by atoms with van der Waals surface area (Å²) < 4.78 is 5.79. The second-order valence-electron chi connectivity index (χ2n) is 6.49. The summed E-state index contributed by atoms with van der Waals surface area (Å²) in [4.78, 5) is 22.4. The minimum Gasteiger partial charge on any atom is -0.378 e. The molecule has 0 aliphatic heterocycles. The number of carbonyl (C=O) groups is 1. The molecule has 1 aromatic rings. The van der Waals surface area contributed by atoms with E-state index in [0.717, 1.165) is 31.4 Å². The summed E-state index contributed by atoms with van der Waals surface area (Å²) in [6, 6.07) is 6.36. The van der Waals surface area contributed by atoms with Crippen LogP contribution in [0.1, 0.15) is 38.2 Å². The number of nitro benzene ring substituents is 1. The van der Waals surface area contributed by atoms with Gasteiger partial charge in [0.05, 0.1) is 17.4 Å². The molecule has 1 N–H and O–H groups in total. The second-order valence-corrected chi connectivity index (χ2v) is 6.49. The summed E-state index contributed by atoms with van der Waals surface area (Å²) in [6.07, 6.45) is 4.88. The number of carbonyl (C=O) groups excluding carboxylic acids is 1. The van der Waals surface area contributed by atoms with E-state index in [0.29, 0.717) is 0 Å². The van der Waals surface area contributed by atoms with Crippen molar-refractivity contribution < 1.29 is 14.5 Å². The van der Waals surface area contributed by atoms with Gasteiger partial charge in [0.15, 0.2) is 0 Å². The predicted molar refractivity (Wildman–Crippen MR) is 85.0 cm³/mol. The lowest BCUT2D eigenvalue weighted by atomic mass is 9.51. The van der Waals surface area contributed by atoms with Gasteiger partial charge in [0.25, 0.3) is 5.69 Å². The molecule has 6 heteroatoms. The topological polar surface area (TPSA) is 81.5 Å². The molecule has 0 bridgehead atoms. The molecule has 0 saturated heterocycles. The number of hydrogen-bond donors (Lipinski definition) is 1.